The van der Waals surface area contributed by atoms with Gasteiger partial charge in [0.25, 0.3) is 0 Å². The second-order valence-corrected chi connectivity index (χ2v) is 22.6. The van der Waals surface area contributed by atoms with E-state index in [9.17, 15) is 5.11 Å². The summed E-state index contributed by atoms with van der Waals surface area (Å²) in [5, 5.41) is 10.8. The van der Waals surface area contributed by atoms with Crippen LogP contribution in [0.25, 0.3) is 0 Å². The van der Waals surface area contributed by atoms with E-state index in [0.29, 0.717) is 0 Å². The van der Waals surface area contributed by atoms with E-state index in [4.69, 9.17) is 9.16 Å². The van der Waals surface area contributed by atoms with Crippen LogP contribution in [0.4, 0.5) is 0 Å². The Hall–Kier alpha value is -0.126. The second kappa shape index (κ2) is 15.2. The maximum Gasteiger partial charge on any atom is 0.192 e. The lowest BCUT2D eigenvalue weighted by atomic mass is 10.0. The molecule has 1 heterocycles. The molecule has 0 aliphatic carbocycles. The predicted octanol–water partition coefficient (Wildman–Crippen LogP) is 8.48. The summed E-state index contributed by atoms with van der Waals surface area (Å²) in [5.74, 6) is 3.09. The van der Waals surface area contributed by atoms with Crippen molar-refractivity contribution < 1.29 is 14.3 Å². The van der Waals surface area contributed by atoms with Gasteiger partial charge >= 0.3 is 0 Å². The Bertz CT molecular complexity index is 610. The molecule has 34 heavy (non-hydrogen) atoms. The molecule has 1 N–H and O–H groups in total. The maximum atomic E-state index is 10.6. The molecule has 0 aromatic heterocycles. The van der Waals surface area contributed by atoms with Crippen LogP contribution in [-0.4, -0.2) is 45.9 Å². The predicted molar refractivity (Wildman–Crippen MR) is 154 cm³/mol. The number of rotatable bonds is 15. The van der Waals surface area contributed by atoms with Crippen molar-refractivity contribution >= 4 is 16.4 Å². The Labute approximate surface area is 215 Å². The zero-order valence-electron chi connectivity index (χ0n) is 24.3. The fraction of sp³-hybridized carbons (Fsp3) is 0.931. The van der Waals surface area contributed by atoms with Gasteiger partial charge in [-0.2, -0.15) is 0 Å². The molecule has 0 amide bonds. The van der Waals surface area contributed by atoms with Crippen LogP contribution in [-0.2, 0) is 9.16 Å². The lowest BCUT2D eigenvalue weighted by molar-refractivity contribution is -0.0600. The SMILES string of the molecule is CCCCCCCCCCCC[C@@H](O[Si](C)(C)C(C)(C)C)[C@H]1CC[C@H]([C@H](O)C#C[Si](C)(C)C)O1. The topological polar surface area (TPSA) is 38.7 Å². The van der Waals surface area contributed by atoms with E-state index in [1.165, 1.54) is 64.2 Å². The summed E-state index contributed by atoms with van der Waals surface area (Å²) in [6, 6.07) is 0. The molecule has 0 radical (unpaired) electrons. The summed E-state index contributed by atoms with van der Waals surface area (Å²) in [4.78, 5) is 0. The average Bonchev–Trinajstić information content (AvgIpc) is 3.21. The first-order chi connectivity index (χ1) is 15.8. The van der Waals surface area contributed by atoms with Crippen LogP contribution in [0.3, 0.4) is 0 Å². The van der Waals surface area contributed by atoms with Gasteiger partial charge in [-0.15, -0.1) is 5.54 Å². The highest BCUT2D eigenvalue weighted by Gasteiger charge is 2.43. The summed E-state index contributed by atoms with van der Waals surface area (Å²) in [7, 11) is -3.39. The van der Waals surface area contributed by atoms with Crippen LogP contribution in [0.5, 0.6) is 0 Å². The molecule has 0 spiro atoms. The van der Waals surface area contributed by atoms with E-state index in [1.54, 1.807) is 0 Å². The standard InChI is InChI=1S/C29H58O3Si2/c1-10-11-12-13-14-15-16-17-18-19-20-28(32-34(8,9)29(2,3)4)27-22-21-26(31-27)25(30)23-24-33(5,6)7/h25-28,30H,10-22H2,1-9H3/t25-,26-,27-,28-/m1/s1. The highest BCUT2D eigenvalue weighted by atomic mass is 28.4. The Morgan fingerprint density at radius 2 is 1.35 bits per heavy atom. The molecule has 0 bridgehead atoms. The summed E-state index contributed by atoms with van der Waals surface area (Å²) in [6.07, 6.45) is 15.8. The first-order valence-electron chi connectivity index (χ1n) is 14.3. The van der Waals surface area contributed by atoms with Gasteiger partial charge in [0.15, 0.2) is 8.32 Å². The first kappa shape index (κ1) is 31.9. The third-order valence-electron chi connectivity index (χ3n) is 7.54. The third-order valence-corrected chi connectivity index (χ3v) is 12.9. The van der Waals surface area contributed by atoms with Crippen molar-refractivity contribution in [1.82, 2.24) is 0 Å². The monoisotopic (exact) mass is 510 g/mol. The summed E-state index contributed by atoms with van der Waals surface area (Å²) in [6.45, 7) is 20.5. The van der Waals surface area contributed by atoms with Gasteiger partial charge in [0.1, 0.15) is 14.2 Å². The first-order valence-corrected chi connectivity index (χ1v) is 20.7. The van der Waals surface area contributed by atoms with E-state index >= 15 is 0 Å². The smallest absolute Gasteiger partial charge is 0.192 e. The van der Waals surface area contributed by atoms with E-state index in [1.807, 2.05) is 0 Å². The molecule has 0 aromatic rings. The lowest BCUT2D eigenvalue weighted by Crippen LogP contribution is -2.47. The number of aliphatic hydroxyl groups excluding tert-OH is 1. The van der Waals surface area contributed by atoms with Gasteiger partial charge in [0, 0.05) is 0 Å². The maximum absolute atomic E-state index is 10.6. The molecule has 1 aliphatic rings. The van der Waals surface area contributed by atoms with Crippen molar-refractivity contribution in [3.05, 3.63) is 0 Å². The van der Waals surface area contributed by atoms with Crippen LogP contribution in [0.2, 0.25) is 37.8 Å². The fourth-order valence-corrected chi connectivity index (χ4v) is 6.25. The normalized spacial score (nSPS) is 21.2. The number of unbranched alkanes of at least 4 members (excludes halogenated alkanes) is 9. The van der Waals surface area contributed by atoms with Crippen molar-refractivity contribution in [2.24, 2.45) is 0 Å². The van der Waals surface area contributed by atoms with Gasteiger partial charge in [-0.3, -0.25) is 0 Å². The van der Waals surface area contributed by atoms with E-state index in [-0.39, 0.29) is 23.4 Å². The lowest BCUT2D eigenvalue weighted by Gasteiger charge is -2.41. The van der Waals surface area contributed by atoms with Crippen molar-refractivity contribution in [1.29, 1.82) is 0 Å². The minimum absolute atomic E-state index is 0.0843. The molecular formula is C29H58O3Si2. The number of aliphatic hydroxyl groups is 1. The van der Waals surface area contributed by atoms with Gasteiger partial charge in [-0.05, 0) is 37.4 Å². The van der Waals surface area contributed by atoms with Crippen molar-refractivity contribution in [3.8, 4) is 11.5 Å². The zero-order valence-corrected chi connectivity index (χ0v) is 26.3. The molecule has 3 nitrogen and oxygen atoms in total. The van der Waals surface area contributed by atoms with Crippen LogP contribution >= 0.6 is 0 Å². The van der Waals surface area contributed by atoms with Gasteiger partial charge in [0.05, 0.1) is 18.3 Å². The van der Waals surface area contributed by atoms with E-state index in [2.05, 4.69) is 71.9 Å². The second-order valence-electron chi connectivity index (χ2n) is 13.1. The Morgan fingerprint density at radius 3 is 1.85 bits per heavy atom. The molecule has 0 unspecified atom stereocenters. The molecule has 5 heteroatoms. The average molecular weight is 511 g/mol. The van der Waals surface area contributed by atoms with Crippen molar-refractivity contribution in [2.45, 2.75) is 173 Å². The van der Waals surface area contributed by atoms with E-state index in [0.717, 1.165) is 19.3 Å². The highest BCUT2D eigenvalue weighted by molar-refractivity contribution is 6.83. The molecular weight excluding hydrogens is 452 g/mol. The summed E-state index contributed by atoms with van der Waals surface area (Å²) >= 11 is 0. The molecule has 1 rings (SSSR count). The Morgan fingerprint density at radius 1 is 0.853 bits per heavy atom. The van der Waals surface area contributed by atoms with Gasteiger partial charge in [-0.1, -0.05) is 117 Å². The Balaban J connectivity index is 2.59. The minimum Gasteiger partial charge on any atom is -0.411 e. The van der Waals surface area contributed by atoms with Gasteiger partial charge in [-0.25, -0.2) is 0 Å². The minimum atomic E-state index is -1.89. The molecule has 1 saturated heterocycles. The Kier molecular flexibility index (Phi) is 14.3. The number of hydrogen-bond acceptors (Lipinski definition) is 3. The fourth-order valence-electron chi connectivity index (χ4n) is 4.29. The molecule has 0 saturated carbocycles. The van der Waals surface area contributed by atoms with Crippen LogP contribution < -0.4 is 0 Å². The molecule has 200 valence electrons. The van der Waals surface area contributed by atoms with Gasteiger partial charge in [0.2, 0.25) is 0 Å². The quantitative estimate of drug-likeness (QED) is 0.136. The summed E-state index contributed by atoms with van der Waals surface area (Å²) in [5.41, 5.74) is 3.31. The number of ether oxygens (including phenoxy) is 1. The van der Waals surface area contributed by atoms with Crippen molar-refractivity contribution in [2.75, 3.05) is 0 Å². The molecule has 1 fully saturated rings. The molecule has 0 aromatic carbocycles. The zero-order chi connectivity index (χ0) is 25.8. The molecule has 4 atom stereocenters. The third kappa shape index (κ3) is 12.7. The largest absolute Gasteiger partial charge is 0.411 e. The van der Waals surface area contributed by atoms with E-state index < -0.39 is 22.5 Å². The van der Waals surface area contributed by atoms with Gasteiger partial charge < -0.3 is 14.3 Å². The van der Waals surface area contributed by atoms with Crippen LogP contribution in [0.15, 0.2) is 0 Å². The highest BCUT2D eigenvalue weighted by Crippen LogP contribution is 2.40. The molecule has 1 aliphatic heterocycles. The number of hydrogen-bond donors (Lipinski definition) is 1. The van der Waals surface area contributed by atoms with Crippen molar-refractivity contribution in [3.63, 3.8) is 0 Å². The van der Waals surface area contributed by atoms with Crippen LogP contribution in [0.1, 0.15) is 111 Å². The summed E-state index contributed by atoms with van der Waals surface area (Å²) < 4.78 is 13.3. The van der Waals surface area contributed by atoms with Crippen LogP contribution in [0, 0.1) is 11.5 Å².